The summed E-state index contributed by atoms with van der Waals surface area (Å²) in [6.45, 7) is 3.11. The highest BCUT2D eigenvalue weighted by atomic mass is 35.5. The van der Waals surface area contributed by atoms with Gasteiger partial charge in [-0.15, -0.1) is 24.2 Å². The number of hydrogen-bond acceptors (Lipinski definition) is 4. The lowest BCUT2D eigenvalue weighted by Crippen LogP contribution is -2.53. The van der Waals surface area contributed by atoms with Crippen molar-refractivity contribution >= 4 is 36.0 Å². The zero-order chi connectivity index (χ0) is 15.5. The van der Waals surface area contributed by atoms with E-state index in [1.54, 1.807) is 11.8 Å². The minimum atomic E-state index is -0.261. The van der Waals surface area contributed by atoms with E-state index in [0.29, 0.717) is 11.9 Å². The van der Waals surface area contributed by atoms with Crippen molar-refractivity contribution in [3.05, 3.63) is 0 Å². The molecule has 2 saturated heterocycles. The van der Waals surface area contributed by atoms with Crippen LogP contribution in [0.1, 0.15) is 45.4 Å². The maximum absolute atomic E-state index is 12.6. The molecule has 0 bridgehead atoms. The van der Waals surface area contributed by atoms with Crippen LogP contribution in [0.25, 0.3) is 0 Å². The highest BCUT2D eigenvalue weighted by molar-refractivity contribution is 7.99. The molecular formula is C16H28ClN3O2S. The molecule has 5 nitrogen and oxygen atoms in total. The van der Waals surface area contributed by atoms with Crippen molar-refractivity contribution in [2.24, 2.45) is 5.92 Å². The second-order valence-corrected chi connectivity index (χ2v) is 7.89. The molecule has 3 unspecified atom stereocenters. The fraction of sp³-hybridized carbons (Fsp3) is 0.875. The summed E-state index contributed by atoms with van der Waals surface area (Å²) < 4.78 is 0. The average Bonchev–Trinajstić information content (AvgIpc) is 3.18. The Bertz CT molecular complexity index is 432. The van der Waals surface area contributed by atoms with Gasteiger partial charge in [0.05, 0.1) is 5.88 Å². The lowest BCUT2D eigenvalue weighted by molar-refractivity contribution is -0.141. The van der Waals surface area contributed by atoms with E-state index < -0.39 is 0 Å². The third kappa shape index (κ3) is 4.54. The van der Waals surface area contributed by atoms with E-state index in [2.05, 4.69) is 17.6 Å². The van der Waals surface area contributed by atoms with Gasteiger partial charge in [0.25, 0.3) is 0 Å². The number of halogens is 1. The second-order valence-electron chi connectivity index (χ2n) is 6.89. The van der Waals surface area contributed by atoms with Gasteiger partial charge < -0.3 is 15.5 Å². The first-order valence-electron chi connectivity index (χ1n) is 8.57. The molecule has 0 aromatic carbocycles. The number of piperidine rings is 1. The summed E-state index contributed by atoms with van der Waals surface area (Å²) in [5, 5.41) is 6.58. The topological polar surface area (TPSA) is 61.4 Å². The summed E-state index contributed by atoms with van der Waals surface area (Å²) in [5.41, 5.74) is 0. The van der Waals surface area contributed by atoms with E-state index in [1.807, 2.05) is 4.90 Å². The third-order valence-electron chi connectivity index (χ3n) is 5.14. The molecule has 0 aromatic heterocycles. The molecule has 132 valence electrons. The molecule has 2 amide bonds. The van der Waals surface area contributed by atoms with Crippen LogP contribution >= 0.6 is 24.2 Å². The molecule has 0 spiro atoms. The number of hydrogen-bond donors (Lipinski definition) is 2. The summed E-state index contributed by atoms with van der Waals surface area (Å²) in [4.78, 5) is 27.1. The molecule has 3 atom stereocenters. The molecular weight excluding hydrogens is 334 g/mol. The van der Waals surface area contributed by atoms with E-state index >= 15 is 0 Å². The molecule has 3 aliphatic rings. The zero-order valence-corrected chi connectivity index (χ0v) is 15.4. The summed E-state index contributed by atoms with van der Waals surface area (Å²) in [5.74, 6) is 1.84. The van der Waals surface area contributed by atoms with Crippen LogP contribution in [0.5, 0.6) is 0 Å². The lowest BCUT2D eigenvalue weighted by Gasteiger charge is -2.31. The van der Waals surface area contributed by atoms with Gasteiger partial charge in [0, 0.05) is 23.8 Å². The SMILES string of the molecule is CC1CC(NC(=O)C2CSCN2C(=O)C2CCCC2)CCN1.Cl. The van der Waals surface area contributed by atoms with Crippen molar-refractivity contribution < 1.29 is 9.59 Å². The predicted octanol–water partition coefficient (Wildman–Crippen LogP) is 1.76. The summed E-state index contributed by atoms with van der Waals surface area (Å²) in [6.07, 6.45) is 6.26. The normalized spacial score (nSPS) is 31.7. The van der Waals surface area contributed by atoms with Gasteiger partial charge in [-0.05, 0) is 39.2 Å². The molecule has 23 heavy (non-hydrogen) atoms. The van der Waals surface area contributed by atoms with Crippen molar-refractivity contribution in [3.8, 4) is 0 Å². The highest BCUT2D eigenvalue weighted by Gasteiger charge is 2.38. The monoisotopic (exact) mass is 361 g/mol. The van der Waals surface area contributed by atoms with Crippen LogP contribution in [0.3, 0.4) is 0 Å². The van der Waals surface area contributed by atoms with Gasteiger partial charge in [0.1, 0.15) is 6.04 Å². The Morgan fingerprint density at radius 1 is 1.22 bits per heavy atom. The van der Waals surface area contributed by atoms with Gasteiger partial charge in [-0.3, -0.25) is 9.59 Å². The highest BCUT2D eigenvalue weighted by Crippen LogP contribution is 2.30. The Morgan fingerprint density at radius 3 is 2.65 bits per heavy atom. The Morgan fingerprint density at radius 2 is 1.96 bits per heavy atom. The van der Waals surface area contributed by atoms with Gasteiger partial charge in [-0.1, -0.05) is 12.8 Å². The second kappa shape index (κ2) is 8.58. The Hall–Kier alpha value is -0.460. The van der Waals surface area contributed by atoms with E-state index in [1.165, 1.54) is 0 Å². The molecule has 7 heteroatoms. The van der Waals surface area contributed by atoms with Crippen LogP contribution in [-0.4, -0.2) is 53.0 Å². The molecule has 1 saturated carbocycles. The lowest BCUT2D eigenvalue weighted by atomic mass is 10.00. The average molecular weight is 362 g/mol. The van der Waals surface area contributed by atoms with Crippen LogP contribution in [0.15, 0.2) is 0 Å². The molecule has 0 radical (unpaired) electrons. The number of rotatable bonds is 3. The Kier molecular flexibility index (Phi) is 7.04. The maximum Gasteiger partial charge on any atom is 0.243 e. The van der Waals surface area contributed by atoms with Crippen LogP contribution in [-0.2, 0) is 9.59 Å². The van der Waals surface area contributed by atoms with Gasteiger partial charge >= 0.3 is 0 Å². The standard InChI is InChI=1S/C16H27N3O2S.ClH/c1-11-8-13(6-7-17-11)18-15(20)14-9-22-10-19(14)16(21)12-4-2-3-5-12;/h11-14,17H,2-10H2,1H3,(H,18,20);1H. The van der Waals surface area contributed by atoms with Gasteiger partial charge in [0.2, 0.25) is 11.8 Å². The van der Waals surface area contributed by atoms with E-state index in [0.717, 1.165) is 50.8 Å². The Balaban J connectivity index is 0.00000192. The fourth-order valence-corrected chi connectivity index (χ4v) is 5.01. The minimum absolute atomic E-state index is 0. The van der Waals surface area contributed by atoms with Crippen LogP contribution in [0.4, 0.5) is 0 Å². The Labute approximate surface area is 149 Å². The summed E-state index contributed by atoms with van der Waals surface area (Å²) in [6, 6.07) is 0.439. The molecule has 3 rings (SSSR count). The fourth-order valence-electron chi connectivity index (χ4n) is 3.84. The molecule has 2 heterocycles. The number of thioether (sulfide) groups is 1. The number of nitrogens with zero attached hydrogens (tertiary/aromatic N) is 1. The predicted molar refractivity (Wildman–Crippen MR) is 95.8 cm³/mol. The van der Waals surface area contributed by atoms with Crippen LogP contribution in [0.2, 0.25) is 0 Å². The largest absolute Gasteiger partial charge is 0.351 e. The van der Waals surface area contributed by atoms with Crippen molar-refractivity contribution in [1.82, 2.24) is 15.5 Å². The molecule has 0 aromatic rings. The number of carbonyl (C=O) groups is 2. The molecule has 1 aliphatic carbocycles. The van der Waals surface area contributed by atoms with E-state index in [4.69, 9.17) is 0 Å². The first-order chi connectivity index (χ1) is 10.6. The van der Waals surface area contributed by atoms with Crippen molar-refractivity contribution in [3.63, 3.8) is 0 Å². The zero-order valence-electron chi connectivity index (χ0n) is 13.8. The first kappa shape index (κ1) is 18.9. The van der Waals surface area contributed by atoms with Crippen molar-refractivity contribution in [1.29, 1.82) is 0 Å². The summed E-state index contributed by atoms with van der Waals surface area (Å²) in [7, 11) is 0. The van der Waals surface area contributed by atoms with Crippen LogP contribution in [0, 0.1) is 5.92 Å². The molecule has 2 aliphatic heterocycles. The van der Waals surface area contributed by atoms with Gasteiger partial charge in [-0.25, -0.2) is 0 Å². The van der Waals surface area contributed by atoms with Crippen LogP contribution < -0.4 is 10.6 Å². The van der Waals surface area contributed by atoms with Crippen molar-refractivity contribution in [2.75, 3.05) is 18.2 Å². The third-order valence-corrected chi connectivity index (χ3v) is 6.15. The molecule has 2 N–H and O–H groups in total. The van der Waals surface area contributed by atoms with E-state index in [9.17, 15) is 9.59 Å². The van der Waals surface area contributed by atoms with Gasteiger partial charge in [0.15, 0.2) is 0 Å². The van der Waals surface area contributed by atoms with Gasteiger partial charge in [-0.2, -0.15) is 0 Å². The number of nitrogens with one attached hydrogen (secondary N) is 2. The summed E-state index contributed by atoms with van der Waals surface area (Å²) >= 11 is 1.70. The maximum atomic E-state index is 12.6. The minimum Gasteiger partial charge on any atom is -0.351 e. The number of carbonyl (C=O) groups excluding carboxylic acids is 2. The number of amides is 2. The quantitative estimate of drug-likeness (QED) is 0.804. The molecule has 3 fully saturated rings. The smallest absolute Gasteiger partial charge is 0.243 e. The van der Waals surface area contributed by atoms with Crippen molar-refractivity contribution in [2.45, 2.75) is 63.6 Å². The first-order valence-corrected chi connectivity index (χ1v) is 9.72. The van der Waals surface area contributed by atoms with E-state index in [-0.39, 0.29) is 42.2 Å².